The zero-order chi connectivity index (χ0) is 10.9. The molecule has 0 unspecified atom stereocenters. The number of hydrogen-bond acceptors (Lipinski definition) is 1. The van der Waals surface area contributed by atoms with E-state index in [4.69, 9.17) is 5.26 Å². The van der Waals surface area contributed by atoms with Crippen molar-refractivity contribution in [3.05, 3.63) is 33.8 Å². The predicted octanol–water partition coefficient (Wildman–Crippen LogP) is 3.53. The number of nitriles is 1. The minimum atomic E-state index is -0.958. The average Bonchev–Trinajstić information content (AvgIpc) is 2.14. The molecule has 1 aromatic rings. The van der Waals surface area contributed by atoms with Crippen LogP contribution in [0.2, 0.25) is 0 Å². The van der Waals surface area contributed by atoms with Crippen molar-refractivity contribution in [1.82, 2.24) is 0 Å². The molecule has 0 aliphatic heterocycles. The lowest BCUT2D eigenvalue weighted by Crippen LogP contribution is -2.16. The molecule has 4 heteroatoms. The van der Waals surface area contributed by atoms with Crippen molar-refractivity contribution < 1.29 is 8.78 Å². The first-order valence-electron chi connectivity index (χ1n) is 3.95. The Balaban J connectivity index is 3.41. The van der Waals surface area contributed by atoms with E-state index in [1.807, 2.05) is 6.07 Å². The minimum absolute atomic E-state index is 0.188. The lowest BCUT2D eigenvalue weighted by molar-refractivity contribution is 0.534. The molecule has 74 valence electrons. The summed E-state index contributed by atoms with van der Waals surface area (Å²) in [5.41, 5.74) is -0.770. The molecular formula is C10H8BrF2N. The van der Waals surface area contributed by atoms with Crippen LogP contribution in [-0.2, 0) is 5.41 Å². The molecule has 14 heavy (non-hydrogen) atoms. The normalized spacial score (nSPS) is 11.1. The zero-order valence-electron chi connectivity index (χ0n) is 7.74. The molecule has 0 radical (unpaired) electrons. The second-order valence-electron chi connectivity index (χ2n) is 3.46. The maximum absolute atomic E-state index is 13.5. The molecule has 0 aromatic heterocycles. The Bertz CT molecular complexity index is 407. The van der Waals surface area contributed by atoms with Gasteiger partial charge in [-0.25, -0.2) is 8.78 Å². The van der Waals surface area contributed by atoms with Crippen molar-refractivity contribution in [3.8, 4) is 6.07 Å². The molecule has 0 heterocycles. The van der Waals surface area contributed by atoms with E-state index >= 15 is 0 Å². The fourth-order valence-corrected chi connectivity index (χ4v) is 1.41. The summed E-state index contributed by atoms with van der Waals surface area (Å²) in [6.07, 6.45) is 0. The molecule has 0 spiro atoms. The van der Waals surface area contributed by atoms with Gasteiger partial charge >= 0.3 is 0 Å². The summed E-state index contributed by atoms with van der Waals surface area (Å²) in [5, 5.41) is 8.81. The highest BCUT2D eigenvalue weighted by Crippen LogP contribution is 2.30. The molecule has 1 aromatic carbocycles. The van der Waals surface area contributed by atoms with Gasteiger partial charge < -0.3 is 0 Å². The van der Waals surface area contributed by atoms with Gasteiger partial charge in [0.15, 0.2) is 0 Å². The molecule has 1 nitrogen and oxygen atoms in total. The highest BCUT2D eigenvalue weighted by atomic mass is 79.9. The fraction of sp³-hybridized carbons (Fsp3) is 0.300. The molecule has 0 fully saturated rings. The van der Waals surface area contributed by atoms with Crippen LogP contribution in [0.25, 0.3) is 0 Å². The molecule has 1 rings (SSSR count). The number of hydrogen-bond donors (Lipinski definition) is 0. The van der Waals surface area contributed by atoms with E-state index in [9.17, 15) is 8.78 Å². The monoisotopic (exact) mass is 259 g/mol. The van der Waals surface area contributed by atoms with Gasteiger partial charge in [-0.1, -0.05) is 6.07 Å². The van der Waals surface area contributed by atoms with Crippen LogP contribution in [0.15, 0.2) is 16.6 Å². The van der Waals surface area contributed by atoms with Crippen LogP contribution < -0.4 is 0 Å². The molecule has 0 N–H and O–H groups in total. The van der Waals surface area contributed by atoms with Gasteiger partial charge in [-0.3, -0.25) is 0 Å². The van der Waals surface area contributed by atoms with Gasteiger partial charge in [-0.15, -0.1) is 0 Å². The Kier molecular flexibility index (Phi) is 2.91. The minimum Gasteiger partial charge on any atom is -0.206 e. The molecule has 0 saturated heterocycles. The van der Waals surface area contributed by atoms with Crippen molar-refractivity contribution in [3.63, 3.8) is 0 Å². The van der Waals surface area contributed by atoms with E-state index in [2.05, 4.69) is 15.9 Å². The van der Waals surface area contributed by atoms with Crippen LogP contribution in [0.1, 0.15) is 19.4 Å². The van der Waals surface area contributed by atoms with Crippen molar-refractivity contribution >= 4 is 15.9 Å². The summed E-state index contributed by atoms with van der Waals surface area (Å²) in [6.45, 7) is 3.16. The Morgan fingerprint density at radius 3 is 2.43 bits per heavy atom. The van der Waals surface area contributed by atoms with Crippen LogP contribution in [0.4, 0.5) is 8.78 Å². The van der Waals surface area contributed by atoms with E-state index in [1.165, 1.54) is 6.07 Å². The summed E-state index contributed by atoms with van der Waals surface area (Å²) in [6, 6.07) is 4.39. The highest BCUT2D eigenvalue weighted by Gasteiger charge is 2.25. The second kappa shape index (κ2) is 3.66. The third kappa shape index (κ3) is 1.78. The van der Waals surface area contributed by atoms with E-state index < -0.39 is 17.0 Å². The molecule has 0 aliphatic rings. The highest BCUT2D eigenvalue weighted by molar-refractivity contribution is 9.10. The van der Waals surface area contributed by atoms with Gasteiger partial charge in [0.25, 0.3) is 0 Å². The van der Waals surface area contributed by atoms with Gasteiger partial charge in [0, 0.05) is 5.56 Å². The van der Waals surface area contributed by atoms with E-state index in [-0.39, 0.29) is 10.0 Å². The third-order valence-electron chi connectivity index (χ3n) is 1.99. The quantitative estimate of drug-likeness (QED) is 0.708. The third-order valence-corrected chi connectivity index (χ3v) is 2.71. The topological polar surface area (TPSA) is 23.8 Å². The Morgan fingerprint density at radius 1 is 1.36 bits per heavy atom. The van der Waals surface area contributed by atoms with E-state index in [0.717, 1.165) is 6.07 Å². The molecular weight excluding hydrogens is 252 g/mol. The maximum Gasteiger partial charge on any atom is 0.145 e. The summed E-state index contributed by atoms with van der Waals surface area (Å²) in [4.78, 5) is 0. The number of benzene rings is 1. The molecule has 0 amide bonds. The fourth-order valence-electron chi connectivity index (χ4n) is 1.07. The summed E-state index contributed by atoms with van der Waals surface area (Å²) >= 11 is 2.79. The first-order valence-corrected chi connectivity index (χ1v) is 4.74. The van der Waals surface area contributed by atoms with Crippen LogP contribution in [0.3, 0.4) is 0 Å². The van der Waals surface area contributed by atoms with Crippen molar-refractivity contribution in [2.24, 2.45) is 0 Å². The SMILES string of the molecule is CC(C)(C#N)c1ccc(F)c(Br)c1F. The largest absolute Gasteiger partial charge is 0.206 e. The molecule has 0 bridgehead atoms. The molecule has 0 saturated carbocycles. The Labute approximate surface area is 89.5 Å². The van der Waals surface area contributed by atoms with Gasteiger partial charge in [0.1, 0.15) is 11.6 Å². The molecule has 0 aliphatic carbocycles. The predicted molar refractivity (Wildman–Crippen MR) is 52.7 cm³/mol. The van der Waals surface area contributed by atoms with Gasteiger partial charge in [-0.05, 0) is 35.8 Å². The van der Waals surface area contributed by atoms with Gasteiger partial charge in [0.2, 0.25) is 0 Å². The number of nitrogens with zero attached hydrogens (tertiary/aromatic N) is 1. The van der Waals surface area contributed by atoms with Crippen molar-refractivity contribution in [2.75, 3.05) is 0 Å². The summed E-state index contributed by atoms with van der Waals surface area (Å²) in [7, 11) is 0. The van der Waals surface area contributed by atoms with Gasteiger partial charge in [0.05, 0.1) is 16.0 Å². The second-order valence-corrected chi connectivity index (χ2v) is 4.25. The average molecular weight is 260 g/mol. The summed E-state index contributed by atoms with van der Waals surface area (Å²) in [5.74, 6) is -1.38. The Morgan fingerprint density at radius 2 is 1.93 bits per heavy atom. The van der Waals surface area contributed by atoms with Crippen molar-refractivity contribution in [1.29, 1.82) is 5.26 Å². The number of halogens is 3. The lowest BCUT2D eigenvalue weighted by Gasteiger charge is -2.17. The summed E-state index contributed by atoms with van der Waals surface area (Å²) < 4.78 is 26.2. The van der Waals surface area contributed by atoms with Gasteiger partial charge in [-0.2, -0.15) is 5.26 Å². The van der Waals surface area contributed by atoms with E-state index in [0.29, 0.717) is 0 Å². The Hall–Kier alpha value is -0.950. The molecule has 0 atom stereocenters. The van der Waals surface area contributed by atoms with Crippen LogP contribution in [0.5, 0.6) is 0 Å². The van der Waals surface area contributed by atoms with Crippen LogP contribution in [-0.4, -0.2) is 0 Å². The first kappa shape index (κ1) is 11.1. The van der Waals surface area contributed by atoms with Crippen molar-refractivity contribution in [2.45, 2.75) is 19.3 Å². The first-order chi connectivity index (χ1) is 6.40. The maximum atomic E-state index is 13.5. The van der Waals surface area contributed by atoms with E-state index in [1.54, 1.807) is 13.8 Å². The van der Waals surface area contributed by atoms with Crippen LogP contribution >= 0.6 is 15.9 Å². The lowest BCUT2D eigenvalue weighted by atomic mass is 9.86. The van der Waals surface area contributed by atoms with Crippen LogP contribution in [0, 0.1) is 23.0 Å². The smallest absolute Gasteiger partial charge is 0.145 e. The zero-order valence-corrected chi connectivity index (χ0v) is 9.32. The standard InChI is InChI=1S/C10H8BrF2N/c1-10(2,5-14)6-3-4-7(12)8(11)9(6)13/h3-4H,1-2H3. The number of rotatable bonds is 1.